The van der Waals surface area contributed by atoms with Gasteiger partial charge in [0.2, 0.25) is 0 Å². The summed E-state index contributed by atoms with van der Waals surface area (Å²) in [5.74, 6) is 0. The third kappa shape index (κ3) is 5.46. The van der Waals surface area contributed by atoms with Crippen molar-refractivity contribution in [3.63, 3.8) is 0 Å². The van der Waals surface area contributed by atoms with Crippen molar-refractivity contribution < 1.29 is 13.2 Å². The van der Waals surface area contributed by atoms with E-state index in [0.717, 1.165) is 0 Å². The topological polar surface area (TPSA) is 12.4 Å². The molecule has 0 aromatic heterocycles. The normalized spacial score (nSPS) is 11.3. The van der Waals surface area contributed by atoms with Crippen LogP contribution in [0.3, 0.4) is 0 Å². The van der Waals surface area contributed by atoms with Gasteiger partial charge in [0.1, 0.15) is 6.54 Å². The van der Waals surface area contributed by atoms with Crippen molar-refractivity contribution in [3.05, 3.63) is 0 Å². The molecule has 0 aliphatic carbocycles. The van der Waals surface area contributed by atoms with Gasteiger partial charge in [-0.15, -0.1) is 0 Å². The molecule has 7 heavy (non-hydrogen) atoms. The fourth-order valence-corrected chi connectivity index (χ4v) is 0.127. The number of halogens is 3. The smallest absolute Gasteiger partial charge is 0.291 e. The minimum absolute atomic E-state index is 1.15. The van der Waals surface area contributed by atoms with Gasteiger partial charge in [0.05, 0.1) is 0 Å². The summed E-state index contributed by atoms with van der Waals surface area (Å²) in [6, 6.07) is 0. The minimum Gasteiger partial charge on any atom is -0.291 e. The van der Waals surface area contributed by atoms with Gasteiger partial charge in [-0.3, -0.25) is 4.99 Å². The van der Waals surface area contributed by atoms with Gasteiger partial charge in [-0.2, -0.15) is 13.2 Å². The highest BCUT2D eigenvalue weighted by Gasteiger charge is 2.25. The Balaban J connectivity index is 3.34. The maximum Gasteiger partial charge on any atom is 0.407 e. The van der Waals surface area contributed by atoms with E-state index in [1.54, 1.807) is 0 Å². The summed E-state index contributed by atoms with van der Waals surface area (Å²) in [4.78, 5) is 2.63. The van der Waals surface area contributed by atoms with Gasteiger partial charge in [-0.25, -0.2) is 0 Å². The molecular weight excluding hydrogens is 107 g/mol. The largest absolute Gasteiger partial charge is 0.407 e. The molecule has 0 aliphatic heterocycles. The van der Waals surface area contributed by atoms with Crippen LogP contribution < -0.4 is 0 Å². The summed E-state index contributed by atoms with van der Waals surface area (Å²) >= 11 is 0. The van der Waals surface area contributed by atoms with E-state index >= 15 is 0 Å². The van der Waals surface area contributed by atoms with Crippen LogP contribution in [0.15, 0.2) is 4.99 Å². The van der Waals surface area contributed by atoms with E-state index in [9.17, 15) is 13.2 Å². The molecule has 0 aromatic rings. The third-order valence-corrected chi connectivity index (χ3v) is 0.291. The fourth-order valence-electron chi connectivity index (χ4n) is 0.127. The first-order chi connectivity index (χ1) is 3.06. The van der Waals surface area contributed by atoms with Gasteiger partial charge in [-0.1, -0.05) is 0 Å². The summed E-state index contributed by atoms with van der Waals surface area (Å²) in [5.41, 5.74) is 0. The standard InChI is InChI=1S/C3H4F3N/c1-7-2-3(4,5)6/h1-2H2. The molecule has 0 aliphatic rings. The molecule has 42 valence electrons. The van der Waals surface area contributed by atoms with E-state index in [4.69, 9.17) is 0 Å². The molecule has 0 unspecified atom stereocenters. The predicted molar refractivity (Wildman–Crippen MR) is 20.5 cm³/mol. The van der Waals surface area contributed by atoms with Gasteiger partial charge in [-0.05, 0) is 6.72 Å². The SMILES string of the molecule is C=NCC(F)(F)F. The average Bonchev–Trinajstić information content (AvgIpc) is 1.30. The summed E-state index contributed by atoms with van der Waals surface area (Å²) in [6.07, 6.45) is -4.18. The molecule has 0 bridgehead atoms. The quantitative estimate of drug-likeness (QED) is 0.451. The summed E-state index contributed by atoms with van der Waals surface area (Å²) < 4.78 is 32.8. The first-order valence-corrected chi connectivity index (χ1v) is 1.55. The molecule has 0 radical (unpaired) electrons. The number of aliphatic imine (C=N–C) groups is 1. The molecule has 0 aromatic carbocycles. The highest BCUT2D eigenvalue weighted by molar-refractivity contribution is 5.23. The molecule has 0 amide bonds. The highest BCUT2D eigenvalue weighted by atomic mass is 19.4. The summed E-state index contributed by atoms with van der Waals surface area (Å²) in [6.45, 7) is 1.53. The second-order valence-corrected chi connectivity index (χ2v) is 0.997. The Labute approximate surface area is 38.9 Å². The second-order valence-electron chi connectivity index (χ2n) is 0.997. The number of hydrogen-bond donors (Lipinski definition) is 0. The Bertz CT molecular complexity index is 65.1. The number of alkyl halides is 3. The van der Waals surface area contributed by atoms with Crippen LogP contribution in [0.4, 0.5) is 13.2 Å². The maximum absolute atomic E-state index is 10.9. The molecule has 0 heterocycles. The van der Waals surface area contributed by atoms with Crippen LogP contribution in [-0.4, -0.2) is 19.4 Å². The van der Waals surface area contributed by atoms with Crippen LogP contribution in [0, 0.1) is 0 Å². The van der Waals surface area contributed by atoms with E-state index in [2.05, 4.69) is 11.7 Å². The molecule has 0 saturated carbocycles. The molecule has 0 N–H and O–H groups in total. The van der Waals surface area contributed by atoms with Crippen LogP contribution in [0.1, 0.15) is 0 Å². The van der Waals surface area contributed by atoms with Crippen LogP contribution in [0.25, 0.3) is 0 Å². The Hall–Kier alpha value is -0.540. The molecule has 0 saturated heterocycles. The van der Waals surface area contributed by atoms with Crippen molar-refractivity contribution in [2.45, 2.75) is 6.18 Å². The van der Waals surface area contributed by atoms with Crippen molar-refractivity contribution in [1.29, 1.82) is 0 Å². The Morgan fingerprint density at radius 1 is 1.43 bits per heavy atom. The zero-order valence-electron chi connectivity index (χ0n) is 3.50. The lowest BCUT2D eigenvalue weighted by Crippen LogP contribution is -2.10. The van der Waals surface area contributed by atoms with E-state index in [1.165, 1.54) is 0 Å². The summed E-state index contributed by atoms with van der Waals surface area (Å²) in [7, 11) is 0. The zero-order valence-corrected chi connectivity index (χ0v) is 3.50. The van der Waals surface area contributed by atoms with Crippen LogP contribution in [0.2, 0.25) is 0 Å². The Morgan fingerprint density at radius 3 is 1.86 bits per heavy atom. The van der Waals surface area contributed by atoms with E-state index in [0.29, 0.717) is 0 Å². The van der Waals surface area contributed by atoms with Crippen molar-refractivity contribution in [3.8, 4) is 0 Å². The van der Waals surface area contributed by atoms with Gasteiger partial charge in [0.15, 0.2) is 0 Å². The lowest BCUT2D eigenvalue weighted by atomic mass is 10.7. The monoisotopic (exact) mass is 111 g/mol. The molecule has 1 nitrogen and oxygen atoms in total. The lowest BCUT2D eigenvalue weighted by molar-refractivity contribution is -0.118. The molecule has 0 fully saturated rings. The number of hydrogen-bond acceptors (Lipinski definition) is 1. The maximum atomic E-state index is 10.9. The van der Waals surface area contributed by atoms with Crippen LogP contribution >= 0.6 is 0 Å². The molecule has 0 atom stereocenters. The molecule has 0 rings (SSSR count). The highest BCUT2D eigenvalue weighted by Crippen LogP contribution is 2.13. The van der Waals surface area contributed by atoms with Gasteiger partial charge in [0, 0.05) is 0 Å². The minimum atomic E-state index is -4.18. The van der Waals surface area contributed by atoms with Crippen molar-refractivity contribution in [2.75, 3.05) is 6.54 Å². The van der Waals surface area contributed by atoms with E-state index in [1.807, 2.05) is 0 Å². The average molecular weight is 111 g/mol. The molecular formula is C3H4F3N. The van der Waals surface area contributed by atoms with Crippen molar-refractivity contribution in [1.82, 2.24) is 0 Å². The number of nitrogens with zero attached hydrogens (tertiary/aromatic N) is 1. The Kier molecular flexibility index (Phi) is 1.80. The third-order valence-electron chi connectivity index (χ3n) is 0.291. The lowest BCUT2D eigenvalue weighted by Gasteiger charge is -1.97. The Morgan fingerprint density at radius 2 is 1.86 bits per heavy atom. The summed E-state index contributed by atoms with van der Waals surface area (Å²) in [5, 5.41) is 0. The van der Waals surface area contributed by atoms with Crippen LogP contribution in [0.5, 0.6) is 0 Å². The second kappa shape index (κ2) is 1.95. The predicted octanol–water partition coefficient (Wildman–Crippen LogP) is 1.25. The van der Waals surface area contributed by atoms with Gasteiger partial charge in [0.25, 0.3) is 0 Å². The molecule has 0 spiro atoms. The van der Waals surface area contributed by atoms with Gasteiger partial charge >= 0.3 is 6.18 Å². The van der Waals surface area contributed by atoms with Crippen molar-refractivity contribution >= 4 is 6.72 Å². The molecule has 4 heteroatoms. The zero-order chi connectivity index (χ0) is 5.91. The fraction of sp³-hybridized carbons (Fsp3) is 0.667. The van der Waals surface area contributed by atoms with E-state index in [-0.39, 0.29) is 0 Å². The number of rotatable bonds is 1. The first kappa shape index (κ1) is 6.46. The van der Waals surface area contributed by atoms with Gasteiger partial charge < -0.3 is 0 Å². The van der Waals surface area contributed by atoms with Crippen molar-refractivity contribution in [2.24, 2.45) is 4.99 Å². The van der Waals surface area contributed by atoms with E-state index < -0.39 is 12.7 Å². The van der Waals surface area contributed by atoms with Crippen LogP contribution in [-0.2, 0) is 0 Å². The first-order valence-electron chi connectivity index (χ1n) is 1.55.